The monoisotopic (exact) mass is 292 g/mol. The predicted molar refractivity (Wildman–Crippen MR) is 88.2 cm³/mol. The molecule has 7 N–H and O–H groups in total. The van der Waals surface area contributed by atoms with Crippen LogP contribution >= 0.6 is 0 Å². The number of fused-ring (bicyclic) bond motifs is 1. The lowest BCUT2D eigenvalue weighted by molar-refractivity contribution is 0.473. The Morgan fingerprint density at radius 3 is 2.23 bits per heavy atom. The lowest BCUT2D eigenvalue weighted by Crippen LogP contribution is -2.11. The van der Waals surface area contributed by atoms with Crippen molar-refractivity contribution in [3.05, 3.63) is 64.2 Å². The number of nitrogen functional groups attached to an aromatic ring is 2. The Hall–Kier alpha value is -3.08. The maximum absolute atomic E-state index is 10.2. The van der Waals surface area contributed by atoms with Crippen molar-refractivity contribution in [1.82, 2.24) is 0 Å². The second kappa shape index (κ2) is 5.04. The van der Waals surface area contributed by atoms with Gasteiger partial charge in [-0.2, -0.15) is 0 Å². The van der Waals surface area contributed by atoms with E-state index in [1.165, 1.54) is 6.07 Å². The van der Waals surface area contributed by atoms with E-state index in [4.69, 9.17) is 22.3 Å². The van der Waals surface area contributed by atoms with Crippen molar-refractivity contribution in [3.63, 3.8) is 0 Å². The third kappa shape index (κ3) is 2.33. The first kappa shape index (κ1) is 13.9. The number of hydrogen-bond acceptors (Lipinski definition) is 3. The summed E-state index contributed by atoms with van der Waals surface area (Å²) in [4.78, 5) is 0. The van der Waals surface area contributed by atoms with Gasteiger partial charge in [-0.25, -0.2) is 0 Å². The fraction of sp³-hybridized carbons (Fsp3) is 0.0588. The van der Waals surface area contributed by atoms with E-state index in [-0.39, 0.29) is 17.4 Å². The molecular formula is C17H16N4O. The van der Waals surface area contributed by atoms with Crippen LogP contribution in [0.25, 0.3) is 11.6 Å². The van der Waals surface area contributed by atoms with Gasteiger partial charge in [0, 0.05) is 16.7 Å². The van der Waals surface area contributed by atoms with Crippen molar-refractivity contribution < 1.29 is 5.11 Å². The third-order valence-corrected chi connectivity index (χ3v) is 3.82. The second-order valence-corrected chi connectivity index (χ2v) is 5.32. The summed E-state index contributed by atoms with van der Waals surface area (Å²) >= 11 is 0. The molecule has 5 heteroatoms. The van der Waals surface area contributed by atoms with Crippen molar-refractivity contribution in [2.45, 2.75) is 6.42 Å². The van der Waals surface area contributed by atoms with Crippen LogP contribution in [0.3, 0.4) is 0 Å². The number of nitrogens with one attached hydrogen (secondary N) is 2. The lowest BCUT2D eigenvalue weighted by atomic mass is 10.00. The van der Waals surface area contributed by atoms with E-state index in [2.05, 4.69) is 0 Å². The molecule has 3 rings (SSSR count). The molecule has 1 aliphatic carbocycles. The van der Waals surface area contributed by atoms with Crippen LogP contribution in [0.15, 0.2) is 36.4 Å². The van der Waals surface area contributed by atoms with Gasteiger partial charge in [0.15, 0.2) is 0 Å². The van der Waals surface area contributed by atoms with Crippen LogP contribution in [0.2, 0.25) is 0 Å². The molecule has 110 valence electrons. The molecule has 0 unspecified atom stereocenters. The van der Waals surface area contributed by atoms with Gasteiger partial charge in [-0.05, 0) is 35.3 Å². The third-order valence-electron chi connectivity index (χ3n) is 3.82. The number of phenols is 1. The zero-order chi connectivity index (χ0) is 15.9. The smallest absolute Gasteiger partial charge is 0.123 e. The number of hydrogen-bond donors (Lipinski definition) is 5. The van der Waals surface area contributed by atoms with Gasteiger partial charge in [-0.15, -0.1) is 0 Å². The first-order valence-corrected chi connectivity index (χ1v) is 6.81. The number of nitrogens with two attached hydrogens (primary N) is 2. The molecule has 0 fully saturated rings. The Bertz CT molecular complexity index is 837. The number of phenolic OH excluding ortho intramolecular Hbond substituents is 1. The summed E-state index contributed by atoms with van der Waals surface area (Å²) in [6, 6.07) is 10.7. The van der Waals surface area contributed by atoms with Crippen LogP contribution in [-0.4, -0.2) is 16.8 Å². The van der Waals surface area contributed by atoms with Gasteiger partial charge in [0.1, 0.15) is 17.4 Å². The summed E-state index contributed by atoms with van der Waals surface area (Å²) in [6.07, 6.45) is 2.69. The molecule has 2 aromatic rings. The Labute approximate surface area is 127 Å². The van der Waals surface area contributed by atoms with Crippen molar-refractivity contribution in [2.75, 3.05) is 0 Å². The molecule has 1 aliphatic rings. The van der Waals surface area contributed by atoms with Crippen molar-refractivity contribution in [1.29, 1.82) is 10.8 Å². The number of rotatable bonds is 3. The number of benzene rings is 2. The number of aromatic hydroxyl groups is 1. The Morgan fingerprint density at radius 1 is 0.955 bits per heavy atom. The SMILES string of the molecule is N=C(N)c1ccc(C2=Cc3ccc(C(=N)N)cc3C2)c(O)c1. The van der Waals surface area contributed by atoms with Gasteiger partial charge in [0.25, 0.3) is 0 Å². The molecule has 5 nitrogen and oxygen atoms in total. The standard InChI is InChI=1S/C17H16N4O/c18-16(19)10-2-1-9-5-13(7-12(9)6-10)14-4-3-11(17(20)21)8-15(14)22/h1-6,8,22H,7H2,(H3,18,19)(H3,20,21). The molecule has 0 atom stereocenters. The van der Waals surface area contributed by atoms with Crippen molar-refractivity contribution in [2.24, 2.45) is 11.5 Å². The highest BCUT2D eigenvalue weighted by molar-refractivity contribution is 5.98. The molecule has 0 heterocycles. The molecule has 0 bridgehead atoms. The summed E-state index contributed by atoms with van der Waals surface area (Å²) in [5.41, 5.74) is 16.0. The van der Waals surface area contributed by atoms with E-state index in [0.717, 1.165) is 22.3 Å². The molecule has 2 aromatic carbocycles. The molecule has 0 amide bonds. The van der Waals surface area contributed by atoms with Gasteiger partial charge in [-0.3, -0.25) is 10.8 Å². The highest BCUT2D eigenvalue weighted by Crippen LogP contribution is 2.36. The van der Waals surface area contributed by atoms with Crippen LogP contribution in [0, 0.1) is 10.8 Å². The van der Waals surface area contributed by atoms with E-state index in [1.807, 2.05) is 24.3 Å². The predicted octanol–water partition coefficient (Wildman–Crippen LogP) is 2.06. The van der Waals surface area contributed by atoms with E-state index >= 15 is 0 Å². The van der Waals surface area contributed by atoms with Gasteiger partial charge >= 0.3 is 0 Å². The van der Waals surface area contributed by atoms with Crippen molar-refractivity contribution >= 4 is 23.3 Å². The van der Waals surface area contributed by atoms with Crippen LogP contribution in [0.4, 0.5) is 0 Å². The second-order valence-electron chi connectivity index (χ2n) is 5.32. The van der Waals surface area contributed by atoms with E-state index in [9.17, 15) is 5.11 Å². The fourth-order valence-electron chi connectivity index (χ4n) is 2.65. The number of amidine groups is 2. The molecular weight excluding hydrogens is 276 g/mol. The Balaban J connectivity index is 1.95. The molecule has 0 saturated heterocycles. The number of allylic oxidation sites excluding steroid dienone is 1. The molecule has 0 radical (unpaired) electrons. The quantitative estimate of drug-likeness (QED) is 0.440. The highest BCUT2D eigenvalue weighted by Gasteiger charge is 2.17. The van der Waals surface area contributed by atoms with E-state index < -0.39 is 0 Å². The van der Waals surface area contributed by atoms with E-state index in [1.54, 1.807) is 12.1 Å². The van der Waals surface area contributed by atoms with Crippen LogP contribution in [0.5, 0.6) is 5.75 Å². The summed E-state index contributed by atoms with van der Waals surface area (Å²) in [6.45, 7) is 0. The van der Waals surface area contributed by atoms with Crippen LogP contribution < -0.4 is 11.5 Å². The maximum Gasteiger partial charge on any atom is 0.123 e. The minimum absolute atomic E-state index is 0.0462. The van der Waals surface area contributed by atoms with E-state index in [0.29, 0.717) is 17.5 Å². The summed E-state index contributed by atoms with van der Waals surface area (Å²) in [5.74, 6) is 0.0834. The average molecular weight is 292 g/mol. The summed E-state index contributed by atoms with van der Waals surface area (Å²) in [5, 5.41) is 25.1. The largest absolute Gasteiger partial charge is 0.507 e. The van der Waals surface area contributed by atoms with Crippen LogP contribution in [0.1, 0.15) is 27.8 Å². The average Bonchev–Trinajstić information content (AvgIpc) is 2.89. The van der Waals surface area contributed by atoms with Crippen molar-refractivity contribution in [3.8, 4) is 5.75 Å². The Morgan fingerprint density at radius 2 is 1.59 bits per heavy atom. The first-order chi connectivity index (χ1) is 10.5. The summed E-state index contributed by atoms with van der Waals surface area (Å²) < 4.78 is 0. The molecule has 22 heavy (non-hydrogen) atoms. The zero-order valence-corrected chi connectivity index (χ0v) is 11.9. The lowest BCUT2D eigenvalue weighted by Gasteiger charge is -2.08. The fourth-order valence-corrected chi connectivity index (χ4v) is 2.65. The first-order valence-electron chi connectivity index (χ1n) is 6.81. The maximum atomic E-state index is 10.2. The minimum atomic E-state index is -0.0726. The zero-order valence-electron chi connectivity index (χ0n) is 11.9. The minimum Gasteiger partial charge on any atom is -0.507 e. The normalized spacial score (nSPS) is 12.6. The summed E-state index contributed by atoms with van der Waals surface area (Å²) in [7, 11) is 0. The highest BCUT2D eigenvalue weighted by atomic mass is 16.3. The van der Waals surface area contributed by atoms with Gasteiger partial charge in [0.05, 0.1) is 0 Å². The van der Waals surface area contributed by atoms with Gasteiger partial charge < -0.3 is 16.6 Å². The Kier molecular flexibility index (Phi) is 3.18. The van der Waals surface area contributed by atoms with Gasteiger partial charge in [0.2, 0.25) is 0 Å². The molecule has 0 aromatic heterocycles. The van der Waals surface area contributed by atoms with Gasteiger partial charge in [-0.1, -0.05) is 30.3 Å². The topological polar surface area (TPSA) is 120 Å². The van der Waals surface area contributed by atoms with Crippen LogP contribution in [-0.2, 0) is 6.42 Å². The molecule has 0 aliphatic heterocycles. The molecule has 0 saturated carbocycles. The molecule has 0 spiro atoms.